The number of hydrogen-bond donors (Lipinski definition) is 1. The van der Waals surface area contributed by atoms with Crippen LogP contribution in [0, 0.1) is 11.6 Å². The molecule has 4 nitrogen and oxygen atoms in total. The van der Waals surface area contributed by atoms with Crippen molar-refractivity contribution in [3.05, 3.63) is 64.7 Å². The third kappa shape index (κ3) is 5.42. The summed E-state index contributed by atoms with van der Waals surface area (Å²) in [6, 6.07) is 11.1. The second-order valence-corrected chi connectivity index (χ2v) is 7.41. The highest BCUT2D eigenvalue weighted by Gasteiger charge is 2.24. The number of likely N-dealkylation sites (tertiary alicyclic amines) is 1. The second kappa shape index (κ2) is 9.34. The monoisotopic (exact) mass is 408 g/mol. The minimum Gasteiger partial charge on any atom is -0.479 e. The lowest BCUT2D eigenvalue weighted by molar-refractivity contribution is -0.128. The Hall–Kier alpha value is -2.18. The fraction of sp³-hybridized carbons (Fsp3) is 0.381. The maximum atomic E-state index is 13.3. The molecule has 1 N–H and O–H groups in total. The Labute approximate surface area is 168 Å². The molecule has 28 heavy (non-hydrogen) atoms. The van der Waals surface area contributed by atoms with E-state index in [0.29, 0.717) is 17.3 Å². The van der Waals surface area contributed by atoms with Crippen LogP contribution < -0.4 is 10.1 Å². The van der Waals surface area contributed by atoms with Gasteiger partial charge in [-0.05, 0) is 49.6 Å². The number of hydrogen-bond acceptors (Lipinski definition) is 3. The van der Waals surface area contributed by atoms with Gasteiger partial charge in [-0.3, -0.25) is 9.69 Å². The number of para-hydroxylation sites is 1. The number of nitrogens with one attached hydrogen (secondary N) is 1. The summed E-state index contributed by atoms with van der Waals surface area (Å²) in [5.74, 6) is -1.36. The van der Waals surface area contributed by atoms with Crippen molar-refractivity contribution >= 4 is 17.5 Å². The number of carbonyl (C=O) groups excluding carboxylic acids is 1. The standard InChI is InChI=1S/C21H23ClF2N2O2/c1-14(28-20-5-3-2-4-17(20)22)21(27)25-16-8-10-26(11-9-16)13-15-6-7-18(23)19(24)12-15/h2-7,12,14,16H,8-11,13H2,1H3,(H,25,27)/t14-/m1/s1. The fourth-order valence-electron chi connectivity index (χ4n) is 3.23. The van der Waals surface area contributed by atoms with Crippen LogP contribution in [0.25, 0.3) is 0 Å². The van der Waals surface area contributed by atoms with Crippen LogP contribution in [-0.4, -0.2) is 36.0 Å². The Morgan fingerprint density at radius 3 is 2.61 bits per heavy atom. The third-order valence-electron chi connectivity index (χ3n) is 4.83. The predicted molar refractivity (Wildman–Crippen MR) is 104 cm³/mol. The summed E-state index contributed by atoms with van der Waals surface area (Å²) in [6.07, 6.45) is 0.919. The number of benzene rings is 2. The van der Waals surface area contributed by atoms with Gasteiger partial charge in [0.2, 0.25) is 0 Å². The van der Waals surface area contributed by atoms with E-state index in [2.05, 4.69) is 10.2 Å². The molecule has 1 heterocycles. The quantitative estimate of drug-likeness (QED) is 0.780. The molecule has 1 atom stereocenters. The zero-order valence-electron chi connectivity index (χ0n) is 15.6. The lowest BCUT2D eigenvalue weighted by Crippen LogP contribution is -2.47. The van der Waals surface area contributed by atoms with Gasteiger partial charge < -0.3 is 10.1 Å². The van der Waals surface area contributed by atoms with Crippen LogP contribution in [-0.2, 0) is 11.3 Å². The Morgan fingerprint density at radius 1 is 1.21 bits per heavy atom. The van der Waals surface area contributed by atoms with E-state index in [-0.39, 0.29) is 11.9 Å². The number of rotatable bonds is 6. The summed E-state index contributed by atoms with van der Waals surface area (Å²) < 4.78 is 32.0. The van der Waals surface area contributed by atoms with E-state index in [9.17, 15) is 13.6 Å². The van der Waals surface area contributed by atoms with E-state index in [0.717, 1.165) is 37.6 Å². The first-order valence-electron chi connectivity index (χ1n) is 9.30. The molecule has 0 aliphatic carbocycles. The van der Waals surface area contributed by atoms with Crippen molar-refractivity contribution in [2.75, 3.05) is 13.1 Å². The van der Waals surface area contributed by atoms with Crippen LogP contribution in [0.4, 0.5) is 8.78 Å². The lowest BCUT2D eigenvalue weighted by Gasteiger charge is -2.32. The van der Waals surface area contributed by atoms with Gasteiger partial charge in [0.15, 0.2) is 17.7 Å². The number of amides is 1. The molecule has 0 unspecified atom stereocenters. The number of nitrogens with zero attached hydrogens (tertiary/aromatic N) is 1. The predicted octanol–water partition coefficient (Wildman–Crippen LogP) is 4.17. The number of ether oxygens (including phenoxy) is 1. The van der Waals surface area contributed by atoms with E-state index in [1.807, 2.05) is 0 Å². The molecule has 150 valence electrons. The van der Waals surface area contributed by atoms with E-state index in [1.165, 1.54) is 6.07 Å². The van der Waals surface area contributed by atoms with Crippen molar-refractivity contribution in [1.29, 1.82) is 0 Å². The average Bonchev–Trinajstić information content (AvgIpc) is 2.68. The van der Waals surface area contributed by atoms with Crippen molar-refractivity contribution in [3.8, 4) is 5.75 Å². The molecule has 0 saturated carbocycles. The molecule has 2 aromatic carbocycles. The van der Waals surface area contributed by atoms with Gasteiger partial charge >= 0.3 is 0 Å². The summed E-state index contributed by atoms with van der Waals surface area (Å²) in [4.78, 5) is 14.6. The summed E-state index contributed by atoms with van der Waals surface area (Å²) in [5, 5.41) is 3.48. The van der Waals surface area contributed by atoms with Crippen LogP contribution in [0.2, 0.25) is 5.02 Å². The van der Waals surface area contributed by atoms with Gasteiger partial charge in [0.1, 0.15) is 5.75 Å². The van der Waals surface area contributed by atoms with E-state index in [1.54, 1.807) is 37.3 Å². The van der Waals surface area contributed by atoms with Gasteiger partial charge in [0, 0.05) is 25.7 Å². The molecule has 1 aliphatic rings. The zero-order valence-corrected chi connectivity index (χ0v) is 16.4. The average molecular weight is 409 g/mol. The maximum Gasteiger partial charge on any atom is 0.260 e. The minimum absolute atomic E-state index is 0.0611. The first kappa shape index (κ1) is 20.6. The van der Waals surface area contributed by atoms with Gasteiger partial charge in [-0.1, -0.05) is 29.8 Å². The molecule has 7 heteroatoms. The lowest BCUT2D eigenvalue weighted by atomic mass is 10.0. The van der Waals surface area contributed by atoms with Crippen LogP contribution in [0.1, 0.15) is 25.3 Å². The van der Waals surface area contributed by atoms with Crippen LogP contribution >= 0.6 is 11.6 Å². The highest BCUT2D eigenvalue weighted by atomic mass is 35.5. The molecule has 0 bridgehead atoms. The van der Waals surface area contributed by atoms with Crippen LogP contribution in [0.3, 0.4) is 0 Å². The second-order valence-electron chi connectivity index (χ2n) is 7.00. The maximum absolute atomic E-state index is 13.3. The number of piperidine rings is 1. The first-order valence-corrected chi connectivity index (χ1v) is 9.68. The fourth-order valence-corrected chi connectivity index (χ4v) is 3.41. The summed E-state index contributed by atoms with van der Waals surface area (Å²) >= 11 is 6.06. The molecule has 1 amide bonds. The molecule has 1 fully saturated rings. The van der Waals surface area contributed by atoms with Crippen molar-refractivity contribution in [1.82, 2.24) is 10.2 Å². The SMILES string of the molecule is C[C@@H](Oc1ccccc1Cl)C(=O)NC1CCN(Cc2ccc(F)c(F)c2)CC1. The van der Waals surface area contributed by atoms with Gasteiger partial charge in [0.05, 0.1) is 5.02 Å². The topological polar surface area (TPSA) is 41.6 Å². The highest BCUT2D eigenvalue weighted by molar-refractivity contribution is 6.32. The van der Waals surface area contributed by atoms with Gasteiger partial charge in [-0.25, -0.2) is 8.78 Å². The van der Waals surface area contributed by atoms with E-state index < -0.39 is 17.7 Å². The largest absolute Gasteiger partial charge is 0.479 e. The smallest absolute Gasteiger partial charge is 0.260 e. The van der Waals surface area contributed by atoms with Gasteiger partial charge in [0.25, 0.3) is 5.91 Å². The molecular weight excluding hydrogens is 386 g/mol. The Morgan fingerprint density at radius 2 is 1.93 bits per heavy atom. The third-order valence-corrected chi connectivity index (χ3v) is 5.15. The summed E-state index contributed by atoms with van der Waals surface area (Å²) in [7, 11) is 0. The Balaban J connectivity index is 1.45. The molecule has 0 radical (unpaired) electrons. The Bertz CT molecular complexity index is 826. The van der Waals surface area contributed by atoms with E-state index in [4.69, 9.17) is 16.3 Å². The normalized spacial score (nSPS) is 16.6. The summed E-state index contributed by atoms with van der Waals surface area (Å²) in [5.41, 5.74) is 0.739. The van der Waals surface area contributed by atoms with Crippen molar-refractivity contribution in [2.24, 2.45) is 0 Å². The molecular formula is C21H23ClF2N2O2. The van der Waals surface area contributed by atoms with Gasteiger partial charge in [-0.15, -0.1) is 0 Å². The molecule has 1 saturated heterocycles. The van der Waals surface area contributed by atoms with Crippen LogP contribution in [0.5, 0.6) is 5.75 Å². The molecule has 3 rings (SSSR count). The molecule has 2 aromatic rings. The zero-order chi connectivity index (χ0) is 20.1. The van der Waals surface area contributed by atoms with Crippen molar-refractivity contribution in [3.63, 3.8) is 0 Å². The van der Waals surface area contributed by atoms with Crippen LogP contribution in [0.15, 0.2) is 42.5 Å². The molecule has 0 aromatic heterocycles. The highest BCUT2D eigenvalue weighted by Crippen LogP contribution is 2.24. The van der Waals surface area contributed by atoms with Crippen molar-refractivity contribution < 1.29 is 18.3 Å². The first-order chi connectivity index (χ1) is 13.4. The number of carbonyl (C=O) groups is 1. The summed E-state index contributed by atoms with van der Waals surface area (Å²) in [6.45, 7) is 3.79. The molecule has 0 spiro atoms. The van der Waals surface area contributed by atoms with Crippen molar-refractivity contribution in [2.45, 2.75) is 38.5 Å². The Kier molecular flexibility index (Phi) is 6.86. The minimum atomic E-state index is -0.835. The van der Waals surface area contributed by atoms with Gasteiger partial charge in [-0.2, -0.15) is 0 Å². The number of halogens is 3. The molecule has 1 aliphatic heterocycles. The van der Waals surface area contributed by atoms with E-state index >= 15 is 0 Å².